The van der Waals surface area contributed by atoms with Gasteiger partial charge < -0.3 is 15.1 Å². The maximum Gasteiger partial charge on any atom is 0.225 e. The molecule has 128 valence electrons. The van der Waals surface area contributed by atoms with Crippen molar-refractivity contribution in [2.75, 3.05) is 43.4 Å². The van der Waals surface area contributed by atoms with Crippen molar-refractivity contribution in [1.82, 2.24) is 19.9 Å². The molecule has 3 aromatic rings. The van der Waals surface area contributed by atoms with Crippen LogP contribution in [0.15, 0.2) is 48.9 Å². The van der Waals surface area contributed by atoms with Crippen molar-refractivity contribution < 1.29 is 0 Å². The summed E-state index contributed by atoms with van der Waals surface area (Å²) in [6.45, 7) is 4.76. The number of para-hydroxylation sites is 1. The summed E-state index contributed by atoms with van der Waals surface area (Å²) < 4.78 is 0. The van der Waals surface area contributed by atoms with Crippen LogP contribution in [0, 0.1) is 0 Å². The zero-order chi connectivity index (χ0) is 17.1. The first-order valence-corrected chi connectivity index (χ1v) is 8.61. The van der Waals surface area contributed by atoms with Crippen molar-refractivity contribution >= 4 is 22.5 Å². The zero-order valence-electron chi connectivity index (χ0n) is 14.4. The van der Waals surface area contributed by atoms with Crippen LogP contribution in [-0.2, 0) is 6.54 Å². The highest BCUT2D eigenvalue weighted by Gasteiger charge is 2.15. The van der Waals surface area contributed by atoms with Gasteiger partial charge in [0.05, 0.1) is 17.4 Å². The van der Waals surface area contributed by atoms with E-state index in [1.807, 2.05) is 36.8 Å². The van der Waals surface area contributed by atoms with Gasteiger partial charge in [-0.05, 0) is 19.2 Å². The number of hydrogen-bond acceptors (Lipinski definition) is 6. The number of nitrogens with one attached hydrogen (secondary N) is 1. The van der Waals surface area contributed by atoms with Crippen molar-refractivity contribution in [3.05, 3.63) is 54.5 Å². The van der Waals surface area contributed by atoms with Gasteiger partial charge in [0, 0.05) is 56.1 Å². The van der Waals surface area contributed by atoms with E-state index >= 15 is 0 Å². The molecule has 6 heteroatoms. The molecule has 1 fully saturated rings. The summed E-state index contributed by atoms with van der Waals surface area (Å²) in [6, 6.07) is 10.2. The number of benzene rings is 1. The van der Waals surface area contributed by atoms with E-state index in [1.165, 1.54) is 0 Å². The maximum absolute atomic E-state index is 4.53. The number of aromatic nitrogens is 3. The van der Waals surface area contributed by atoms with Crippen LogP contribution in [-0.4, -0.2) is 53.1 Å². The minimum atomic E-state index is 0.684. The Bertz CT molecular complexity index is 840. The lowest BCUT2D eigenvalue weighted by atomic mass is 10.2. The van der Waals surface area contributed by atoms with Gasteiger partial charge in [0.25, 0.3) is 0 Å². The predicted octanol–water partition coefficient (Wildman–Crippen LogP) is 2.39. The molecule has 25 heavy (non-hydrogen) atoms. The lowest BCUT2D eigenvalue weighted by Gasteiger charge is -2.32. The van der Waals surface area contributed by atoms with Crippen molar-refractivity contribution in [3.8, 4) is 0 Å². The second kappa shape index (κ2) is 7.03. The van der Waals surface area contributed by atoms with Crippen molar-refractivity contribution in [3.63, 3.8) is 0 Å². The molecule has 1 aromatic carbocycles. The molecule has 1 aliphatic rings. The van der Waals surface area contributed by atoms with Gasteiger partial charge in [-0.1, -0.05) is 18.2 Å². The molecular weight excluding hydrogens is 312 g/mol. The molecule has 0 aliphatic carbocycles. The molecule has 0 saturated carbocycles. The van der Waals surface area contributed by atoms with Crippen LogP contribution in [0.1, 0.15) is 5.56 Å². The number of piperazine rings is 1. The van der Waals surface area contributed by atoms with Gasteiger partial charge in [0.2, 0.25) is 5.95 Å². The number of anilines is 2. The number of pyridine rings is 1. The Balaban J connectivity index is 1.39. The van der Waals surface area contributed by atoms with Gasteiger partial charge >= 0.3 is 0 Å². The monoisotopic (exact) mass is 334 g/mol. The fraction of sp³-hybridized carbons (Fsp3) is 0.316. The summed E-state index contributed by atoms with van der Waals surface area (Å²) in [6.07, 6.45) is 5.67. The van der Waals surface area contributed by atoms with Gasteiger partial charge in [-0.2, -0.15) is 0 Å². The van der Waals surface area contributed by atoms with Crippen molar-refractivity contribution in [2.45, 2.75) is 6.54 Å². The van der Waals surface area contributed by atoms with E-state index in [0.717, 1.165) is 54.3 Å². The van der Waals surface area contributed by atoms with E-state index < -0.39 is 0 Å². The standard InChI is InChI=1S/C19H22N6/c1-24-6-8-25(9-7-24)19-22-12-15(13-23-19)11-20-17-10-16-4-2-3-5-18(16)21-14-17/h2-5,10,12-14,20H,6-9,11H2,1H3. The second-order valence-electron chi connectivity index (χ2n) is 6.45. The minimum Gasteiger partial charge on any atom is -0.380 e. The van der Waals surface area contributed by atoms with Gasteiger partial charge in [-0.15, -0.1) is 0 Å². The van der Waals surface area contributed by atoms with Gasteiger partial charge in [0.15, 0.2) is 0 Å². The molecule has 0 bridgehead atoms. The normalized spacial score (nSPS) is 15.5. The molecule has 2 aromatic heterocycles. The van der Waals surface area contributed by atoms with Crippen molar-refractivity contribution in [2.24, 2.45) is 0 Å². The molecule has 0 unspecified atom stereocenters. The highest BCUT2D eigenvalue weighted by Crippen LogP contribution is 2.17. The summed E-state index contributed by atoms with van der Waals surface area (Å²) in [5.74, 6) is 0.823. The van der Waals surface area contributed by atoms with Gasteiger partial charge in [-0.25, -0.2) is 9.97 Å². The predicted molar refractivity (Wildman–Crippen MR) is 101 cm³/mol. The zero-order valence-corrected chi connectivity index (χ0v) is 14.4. The summed E-state index contributed by atoms with van der Waals surface area (Å²) >= 11 is 0. The van der Waals surface area contributed by atoms with Gasteiger partial charge in [0.1, 0.15) is 0 Å². The van der Waals surface area contributed by atoms with E-state index in [-0.39, 0.29) is 0 Å². The van der Waals surface area contributed by atoms with E-state index in [9.17, 15) is 0 Å². The molecular formula is C19H22N6. The lowest BCUT2D eigenvalue weighted by molar-refractivity contribution is 0.311. The molecule has 0 radical (unpaired) electrons. The Labute approximate surface area is 147 Å². The Hall–Kier alpha value is -2.73. The quantitative estimate of drug-likeness (QED) is 0.791. The number of likely N-dealkylation sites (N-methyl/N-ethyl adjacent to an activating group) is 1. The molecule has 0 amide bonds. The van der Waals surface area contributed by atoms with Crippen LogP contribution in [0.5, 0.6) is 0 Å². The third kappa shape index (κ3) is 3.69. The number of nitrogens with zero attached hydrogens (tertiary/aromatic N) is 5. The Morgan fingerprint density at radius 3 is 2.52 bits per heavy atom. The topological polar surface area (TPSA) is 57.2 Å². The average molecular weight is 334 g/mol. The molecule has 3 heterocycles. The van der Waals surface area contributed by atoms with Crippen molar-refractivity contribution in [1.29, 1.82) is 0 Å². The average Bonchev–Trinajstić information content (AvgIpc) is 2.67. The number of fused-ring (bicyclic) bond motifs is 1. The summed E-state index contributed by atoms with van der Waals surface area (Å²) in [4.78, 5) is 18.1. The highest BCUT2D eigenvalue weighted by molar-refractivity contribution is 5.81. The smallest absolute Gasteiger partial charge is 0.225 e. The van der Waals surface area contributed by atoms with Crippen LogP contribution in [0.4, 0.5) is 11.6 Å². The molecule has 1 saturated heterocycles. The summed E-state index contributed by atoms with van der Waals surface area (Å²) in [5.41, 5.74) is 3.07. The molecule has 4 rings (SSSR count). The lowest BCUT2D eigenvalue weighted by Crippen LogP contribution is -2.45. The van der Waals surface area contributed by atoms with E-state index in [1.54, 1.807) is 0 Å². The Morgan fingerprint density at radius 2 is 1.72 bits per heavy atom. The maximum atomic E-state index is 4.53. The molecule has 0 atom stereocenters. The van der Waals surface area contributed by atoms with Gasteiger partial charge in [-0.3, -0.25) is 4.98 Å². The first-order chi connectivity index (χ1) is 12.3. The molecule has 1 aliphatic heterocycles. The van der Waals surface area contributed by atoms with Crippen LogP contribution in [0.2, 0.25) is 0 Å². The Morgan fingerprint density at radius 1 is 0.960 bits per heavy atom. The highest BCUT2D eigenvalue weighted by atomic mass is 15.3. The first kappa shape index (κ1) is 15.8. The fourth-order valence-corrected chi connectivity index (χ4v) is 2.98. The van der Waals surface area contributed by atoms with Crippen LogP contribution in [0.25, 0.3) is 10.9 Å². The van der Waals surface area contributed by atoms with E-state index in [0.29, 0.717) is 6.54 Å². The Kier molecular flexibility index (Phi) is 4.43. The molecule has 0 spiro atoms. The van der Waals surface area contributed by atoms with Crippen LogP contribution in [0.3, 0.4) is 0 Å². The van der Waals surface area contributed by atoms with E-state index in [2.05, 4.69) is 49.2 Å². The van der Waals surface area contributed by atoms with E-state index in [4.69, 9.17) is 0 Å². The number of rotatable bonds is 4. The summed E-state index contributed by atoms with van der Waals surface area (Å²) in [7, 11) is 2.15. The first-order valence-electron chi connectivity index (χ1n) is 8.61. The number of hydrogen-bond donors (Lipinski definition) is 1. The SMILES string of the molecule is CN1CCN(c2ncc(CNc3cnc4ccccc4c3)cn2)CC1. The molecule has 6 nitrogen and oxygen atoms in total. The third-order valence-corrected chi connectivity index (χ3v) is 4.56. The fourth-order valence-electron chi connectivity index (χ4n) is 2.98. The minimum absolute atomic E-state index is 0.684. The summed E-state index contributed by atoms with van der Waals surface area (Å²) in [5, 5.41) is 4.53. The third-order valence-electron chi connectivity index (χ3n) is 4.56. The molecule has 1 N–H and O–H groups in total. The van der Waals surface area contributed by atoms with Crippen LogP contribution < -0.4 is 10.2 Å². The van der Waals surface area contributed by atoms with Crippen LogP contribution >= 0.6 is 0 Å². The second-order valence-corrected chi connectivity index (χ2v) is 6.45. The largest absolute Gasteiger partial charge is 0.380 e.